The van der Waals surface area contributed by atoms with E-state index in [9.17, 15) is 14.9 Å². The summed E-state index contributed by atoms with van der Waals surface area (Å²) >= 11 is 5.89. The number of nitrogens with zero attached hydrogens (tertiary/aromatic N) is 3. The van der Waals surface area contributed by atoms with Crippen LogP contribution in [0.4, 0.5) is 11.4 Å². The molecule has 2 aromatic carbocycles. The topological polar surface area (TPSA) is 112 Å². The van der Waals surface area contributed by atoms with Gasteiger partial charge in [0.25, 0.3) is 11.6 Å². The molecule has 32 heavy (non-hydrogen) atoms. The highest BCUT2D eigenvalue weighted by molar-refractivity contribution is 6.30. The lowest BCUT2D eigenvalue weighted by atomic mass is 10.2. The van der Waals surface area contributed by atoms with E-state index >= 15 is 0 Å². The van der Waals surface area contributed by atoms with Crippen LogP contribution in [0.15, 0.2) is 77.5 Å². The molecule has 0 atom stereocenters. The predicted octanol–water partition coefficient (Wildman–Crippen LogP) is 4.92. The molecule has 1 amide bonds. The Morgan fingerprint density at radius 3 is 2.72 bits per heavy atom. The Morgan fingerprint density at radius 2 is 2.00 bits per heavy atom. The molecular weight excluding hydrogens is 436 g/mol. The van der Waals surface area contributed by atoms with E-state index in [1.54, 1.807) is 35.3 Å². The summed E-state index contributed by atoms with van der Waals surface area (Å²) in [7, 11) is 0. The van der Waals surface area contributed by atoms with Crippen molar-refractivity contribution in [2.24, 2.45) is 0 Å². The Balaban J connectivity index is 1.34. The zero-order chi connectivity index (χ0) is 22.5. The van der Waals surface area contributed by atoms with Crippen LogP contribution in [-0.2, 0) is 13.2 Å². The number of amides is 1. The predicted molar refractivity (Wildman–Crippen MR) is 117 cm³/mol. The Hall–Kier alpha value is -4.11. The van der Waals surface area contributed by atoms with Crippen LogP contribution in [0.25, 0.3) is 0 Å². The molecule has 10 heteroatoms. The molecule has 0 saturated heterocycles. The number of hydrogen-bond acceptors (Lipinski definition) is 6. The van der Waals surface area contributed by atoms with Crippen LogP contribution < -0.4 is 10.1 Å². The fourth-order valence-corrected chi connectivity index (χ4v) is 3.10. The maximum Gasteiger partial charge on any atom is 0.291 e. The highest BCUT2D eigenvalue weighted by atomic mass is 35.5. The van der Waals surface area contributed by atoms with Crippen molar-refractivity contribution in [1.82, 2.24) is 9.78 Å². The van der Waals surface area contributed by atoms with Gasteiger partial charge in [-0.1, -0.05) is 23.7 Å². The molecule has 0 bridgehead atoms. The second-order valence-electron chi connectivity index (χ2n) is 6.82. The second kappa shape index (κ2) is 9.36. The van der Waals surface area contributed by atoms with Crippen molar-refractivity contribution < 1.29 is 18.9 Å². The van der Waals surface area contributed by atoms with E-state index in [1.807, 2.05) is 18.2 Å². The van der Waals surface area contributed by atoms with Crippen LogP contribution in [0, 0.1) is 10.1 Å². The number of rotatable bonds is 8. The van der Waals surface area contributed by atoms with E-state index in [-0.39, 0.29) is 18.1 Å². The number of ether oxygens (including phenoxy) is 1. The monoisotopic (exact) mass is 452 g/mol. The van der Waals surface area contributed by atoms with Gasteiger partial charge in [-0.3, -0.25) is 19.6 Å². The average molecular weight is 453 g/mol. The molecule has 2 heterocycles. The van der Waals surface area contributed by atoms with Crippen molar-refractivity contribution >= 4 is 28.9 Å². The number of nitrogens with one attached hydrogen (secondary N) is 1. The van der Waals surface area contributed by atoms with E-state index in [0.717, 1.165) is 5.56 Å². The van der Waals surface area contributed by atoms with Crippen molar-refractivity contribution in [3.05, 3.63) is 105 Å². The van der Waals surface area contributed by atoms with Crippen LogP contribution in [0.2, 0.25) is 5.02 Å². The fraction of sp³-hybridized carbons (Fsp3) is 0.0909. The van der Waals surface area contributed by atoms with Crippen molar-refractivity contribution in [2.45, 2.75) is 13.2 Å². The zero-order valence-electron chi connectivity index (χ0n) is 16.6. The molecule has 0 aliphatic heterocycles. The van der Waals surface area contributed by atoms with Gasteiger partial charge in [-0.05, 0) is 42.0 Å². The van der Waals surface area contributed by atoms with Gasteiger partial charge in [0.05, 0.1) is 22.7 Å². The van der Waals surface area contributed by atoms with Gasteiger partial charge in [-0.15, -0.1) is 0 Å². The average Bonchev–Trinajstić information content (AvgIpc) is 3.42. The number of benzene rings is 2. The third kappa shape index (κ3) is 5.32. The number of aromatic nitrogens is 2. The summed E-state index contributed by atoms with van der Waals surface area (Å²) in [5.41, 5.74) is 1.54. The summed E-state index contributed by atoms with van der Waals surface area (Å²) < 4.78 is 12.8. The molecule has 0 saturated carbocycles. The summed E-state index contributed by atoms with van der Waals surface area (Å²) in [4.78, 5) is 22.7. The molecule has 0 unspecified atom stereocenters. The Morgan fingerprint density at radius 1 is 1.19 bits per heavy atom. The molecular formula is C22H17ClN4O5. The number of hydrogen-bond donors (Lipinski definition) is 1. The van der Waals surface area contributed by atoms with E-state index in [0.29, 0.717) is 28.8 Å². The Labute approximate surface area is 187 Å². The standard InChI is InChI=1S/C22H17ClN4O5/c23-16-11-24-26(13-16)12-15-2-1-3-17(10-15)25-22(28)21-9-8-20(32-21)14-31-19-6-4-18(5-7-19)27(29)30/h1-11,13H,12,14H2,(H,25,28). The Bertz CT molecular complexity index is 1250. The van der Waals surface area contributed by atoms with Gasteiger partial charge in [0, 0.05) is 24.0 Å². The van der Waals surface area contributed by atoms with Crippen molar-refractivity contribution in [3.63, 3.8) is 0 Å². The van der Waals surface area contributed by atoms with Gasteiger partial charge >= 0.3 is 0 Å². The number of nitro groups is 1. The van der Waals surface area contributed by atoms with Crippen LogP contribution in [0.3, 0.4) is 0 Å². The maximum atomic E-state index is 12.5. The summed E-state index contributed by atoms with van der Waals surface area (Å²) in [6.45, 7) is 0.592. The maximum absolute atomic E-state index is 12.5. The van der Waals surface area contributed by atoms with E-state index in [1.165, 1.54) is 24.3 Å². The smallest absolute Gasteiger partial charge is 0.291 e. The molecule has 0 spiro atoms. The summed E-state index contributed by atoms with van der Waals surface area (Å²) in [6.07, 6.45) is 3.28. The van der Waals surface area contributed by atoms with Crippen LogP contribution >= 0.6 is 11.6 Å². The van der Waals surface area contributed by atoms with E-state index in [4.69, 9.17) is 20.8 Å². The lowest BCUT2D eigenvalue weighted by molar-refractivity contribution is -0.384. The molecule has 162 valence electrons. The van der Waals surface area contributed by atoms with Crippen LogP contribution in [0.1, 0.15) is 21.9 Å². The number of halogens is 1. The van der Waals surface area contributed by atoms with Gasteiger partial charge in [0.15, 0.2) is 5.76 Å². The van der Waals surface area contributed by atoms with Gasteiger partial charge in [-0.2, -0.15) is 5.10 Å². The molecule has 0 radical (unpaired) electrons. The summed E-state index contributed by atoms with van der Waals surface area (Å²) in [6, 6.07) is 16.3. The molecule has 0 aliphatic rings. The van der Waals surface area contributed by atoms with Crippen molar-refractivity contribution in [1.29, 1.82) is 0 Å². The third-order valence-electron chi connectivity index (χ3n) is 4.45. The minimum atomic E-state index is -0.482. The molecule has 1 N–H and O–H groups in total. The minimum absolute atomic E-state index is 0.0215. The van der Waals surface area contributed by atoms with Gasteiger partial charge in [0.1, 0.15) is 18.1 Å². The fourth-order valence-electron chi connectivity index (χ4n) is 2.95. The highest BCUT2D eigenvalue weighted by Crippen LogP contribution is 2.20. The quantitative estimate of drug-likeness (QED) is 0.300. The first-order valence-electron chi connectivity index (χ1n) is 9.50. The van der Waals surface area contributed by atoms with Crippen LogP contribution in [0.5, 0.6) is 5.75 Å². The molecule has 9 nitrogen and oxygen atoms in total. The molecule has 0 aliphatic carbocycles. The third-order valence-corrected chi connectivity index (χ3v) is 4.64. The summed E-state index contributed by atoms with van der Waals surface area (Å²) in [5.74, 6) is 0.633. The largest absolute Gasteiger partial charge is 0.486 e. The molecule has 2 aromatic heterocycles. The summed E-state index contributed by atoms with van der Waals surface area (Å²) in [5, 5.41) is 18.2. The highest BCUT2D eigenvalue weighted by Gasteiger charge is 2.13. The van der Waals surface area contributed by atoms with Crippen molar-refractivity contribution in [3.8, 4) is 5.75 Å². The normalized spacial score (nSPS) is 10.7. The minimum Gasteiger partial charge on any atom is -0.486 e. The van der Waals surface area contributed by atoms with Gasteiger partial charge < -0.3 is 14.5 Å². The number of nitro benzene ring substituents is 1. The number of anilines is 1. The lowest BCUT2D eigenvalue weighted by Crippen LogP contribution is -2.11. The molecule has 0 fully saturated rings. The van der Waals surface area contributed by atoms with Crippen molar-refractivity contribution in [2.75, 3.05) is 5.32 Å². The van der Waals surface area contributed by atoms with Gasteiger partial charge in [-0.25, -0.2) is 0 Å². The van der Waals surface area contributed by atoms with E-state index < -0.39 is 10.8 Å². The molecule has 4 aromatic rings. The second-order valence-corrected chi connectivity index (χ2v) is 7.25. The number of furan rings is 1. The number of non-ortho nitro benzene ring substituents is 1. The first-order valence-corrected chi connectivity index (χ1v) is 9.88. The zero-order valence-corrected chi connectivity index (χ0v) is 17.4. The number of carbonyl (C=O) groups excluding carboxylic acids is 1. The first kappa shape index (κ1) is 21.1. The van der Waals surface area contributed by atoms with E-state index in [2.05, 4.69) is 10.4 Å². The first-order chi connectivity index (χ1) is 15.5. The SMILES string of the molecule is O=C(Nc1cccc(Cn2cc(Cl)cn2)c1)c1ccc(COc2ccc([N+](=O)[O-])cc2)o1. The Kier molecular flexibility index (Phi) is 6.18. The number of carbonyl (C=O) groups is 1. The van der Waals surface area contributed by atoms with Gasteiger partial charge in [0.2, 0.25) is 0 Å². The molecule has 4 rings (SSSR count). The lowest BCUT2D eigenvalue weighted by Gasteiger charge is -2.07. The van der Waals surface area contributed by atoms with Crippen LogP contribution in [-0.4, -0.2) is 20.6 Å².